The van der Waals surface area contributed by atoms with Crippen LogP contribution in [0, 0.1) is 5.82 Å². The molecule has 0 aliphatic carbocycles. The van der Waals surface area contributed by atoms with Crippen LogP contribution in [0.15, 0.2) is 85.2 Å². The number of nitrogens with zero attached hydrogens (tertiary/aromatic N) is 3. The van der Waals surface area contributed by atoms with Crippen molar-refractivity contribution >= 4 is 53.1 Å². The Balaban J connectivity index is 0.00000200. The molecule has 194 valence electrons. The number of hydrogen-bond donors (Lipinski definition) is 2. The summed E-state index contributed by atoms with van der Waals surface area (Å²) in [6, 6.07) is 20.2. The maximum atomic E-state index is 13.4. The van der Waals surface area contributed by atoms with Crippen LogP contribution in [0.5, 0.6) is 0 Å². The molecule has 3 N–H and O–H groups in total. The van der Waals surface area contributed by atoms with Gasteiger partial charge in [-0.3, -0.25) is 14.6 Å². The van der Waals surface area contributed by atoms with Crippen LogP contribution in [0.4, 0.5) is 10.1 Å². The van der Waals surface area contributed by atoms with Gasteiger partial charge in [0.15, 0.2) is 5.82 Å². The molecule has 7 nitrogen and oxygen atoms in total. The Morgan fingerprint density at radius 3 is 2.26 bits per heavy atom. The fraction of sp³-hybridized carbons (Fsp3) is 0.0714. The standard InChI is InChI=1S/C28H22FN5O2.2ClH/c1-2-34(23-9-7-22(29)8-10-23)28(36)21-12-19(11-20(13-21)26(30)35)25-16-32-27(33-25)24-14-17-5-3-4-6-18(17)15-31-24;;/h3-16H,2H2,1H3,(H2,30,35)(H,32,33);2*1H. The maximum Gasteiger partial charge on any atom is 0.258 e. The topological polar surface area (TPSA) is 105 Å². The number of fused-ring (bicyclic) bond motifs is 1. The van der Waals surface area contributed by atoms with Gasteiger partial charge in [-0.15, -0.1) is 24.8 Å². The second kappa shape index (κ2) is 11.9. The summed E-state index contributed by atoms with van der Waals surface area (Å²) < 4.78 is 13.4. The number of pyridine rings is 1. The Morgan fingerprint density at radius 2 is 1.58 bits per heavy atom. The lowest BCUT2D eigenvalue weighted by molar-refractivity contribution is 0.0988. The molecule has 0 saturated carbocycles. The van der Waals surface area contributed by atoms with Crippen LogP contribution in [-0.2, 0) is 0 Å². The smallest absolute Gasteiger partial charge is 0.258 e. The Labute approximate surface area is 230 Å². The average Bonchev–Trinajstić information content (AvgIpc) is 3.40. The van der Waals surface area contributed by atoms with Gasteiger partial charge in [0.2, 0.25) is 5.91 Å². The SMILES string of the molecule is CCN(C(=O)c1cc(C(N)=O)cc(-c2cnc(-c3cc4ccccc4cn3)[nH]2)c1)c1ccc(F)cc1.Cl.Cl. The van der Waals surface area contributed by atoms with E-state index in [-0.39, 0.29) is 41.8 Å². The number of hydrogen-bond acceptors (Lipinski definition) is 4. The molecule has 0 saturated heterocycles. The first-order chi connectivity index (χ1) is 17.4. The van der Waals surface area contributed by atoms with E-state index in [1.54, 1.807) is 24.5 Å². The van der Waals surface area contributed by atoms with Gasteiger partial charge in [-0.1, -0.05) is 24.3 Å². The summed E-state index contributed by atoms with van der Waals surface area (Å²) in [6.07, 6.45) is 3.41. The zero-order chi connectivity index (χ0) is 25.2. The van der Waals surface area contributed by atoms with Crippen LogP contribution < -0.4 is 10.6 Å². The van der Waals surface area contributed by atoms with Gasteiger partial charge in [-0.05, 0) is 60.8 Å². The van der Waals surface area contributed by atoms with Crippen molar-refractivity contribution in [2.24, 2.45) is 5.73 Å². The first-order valence-electron chi connectivity index (χ1n) is 11.4. The third-order valence-corrected chi connectivity index (χ3v) is 5.92. The molecular weight excluding hydrogens is 528 g/mol. The molecule has 38 heavy (non-hydrogen) atoms. The Bertz CT molecular complexity index is 1610. The van der Waals surface area contributed by atoms with E-state index < -0.39 is 11.7 Å². The molecule has 0 spiro atoms. The van der Waals surface area contributed by atoms with Crippen molar-refractivity contribution < 1.29 is 14.0 Å². The van der Waals surface area contributed by atoms with E-state index in [1.165, 1.54) is 35.2 Å². The number of anilines is 1. The molecule has 10 heteroatoms. The van der Waals surface area contributed by atoms with E-state index in [0.717, 1.165) is 10.8 Å². The number of carbonyl (C=O) groups excluding carboxylic acids is 2. The fourth-order valence-corrected chi connectivity index (χ4v) is 4.08. The van der Waals surface area contributed by atoms with Gasteiger partial charge in [0.25, 0.3) is 5.91 Å². The van der Waals surface area contributed by atoms with Crippen LogP contribution in [0.25, 0.3) is 33.5 Å². The minimum absolute atomic E-state index is 0. The van der Waals surface area contributed by atoms with Gasteiger partial charge >= 0.3 is 0 Å². The number of carbonyl (C=O) groups is 2. The largest absolute Gasteiger partial charge is 0.366 e. The Hall–Kier alpha value is -4.27. The summed E-state index contributed by atoms with van der Waals surface area (Å²) in [7, 11) is 0. The van der Waals surface area contributed by atoms with E-state index in [9.17, 15) is 14.0 Å². The molecule has 0 aliphatic rings. The molecule has 5 aromatic rings. The average molecular weight is 552 g/mol. The van der Waals surface area contributed by atoms with Gasteiger partial charge in [0, 0.05) is 40.5 Å². The van der Waals surface area contributed by atoms with Crippen molar-refractivity contribution in [1.29, 1.82) is 0 Å². The van der Waals surface area contributed by atoms with Crippen molar-refractivity contribution in [2.75, 3.05) is 11.4 Å². The molecule has 2 aromatic heterocycles. The lowest BCUT2D eigenvalue weighted by Crippen LogP contribution is -2.31. The predicted octanol–water partition coefficient (Wildman–Crippen LogP) is 6.04. The summed E-state index contributed by atoms with van der Waals surface area (Å²) in [5.41, 5.74) is 8.41. The second-order valence-electron chi connectivity index (χ2n) is 8.25. The lowest BCUT2D eigenvalue weighted by Gasteiger charge is -2.21. The third-order valence-electron chi connectivity index (χ3n) is 5.92. The summed E-state index contributed by atoms with van der Waals surface area (Å²) in [4.78, 5) is 39.2. The van der Waals surface area contributed by atoms with E-state index >= 15 is 0 Å². The number of nitrogens with two attached hydrogens (primary N) is 1. The zero-order valence-corrected chi connectivity index (χ0v) is 21.9. The summed E-state index contributed by atoms with van der Waals surface area (Å²) in [6.45, 7) is 2.17. The number of aromatic amines is 1. The molecule has 0 atom stereocenters. The number of aromatic nitrogens is 3. The predicted molar refractivity (Wildman–Crippen MR) is 152 cm³/mol. The van der Waals surface area contributed by atoms with Gasteiger partial charge < -0.3 is 15.6 Å². The fourth-order valence-electron chi connectivity index (χ4n) is 4.08. The van der Waals surface area contributed by atoms with Crippen LogP contribution >= 0.6 is 24.8 Å². The number of nitrogens with one attached hydrogen (secondary N) is 1. The maximum absolute atomic E-state index is 13.4. The highest BCUT2D eigenvalue weighted by atomic mass is 35.5. The minimum Gasteiger partial charge on any atom is -0.366 e. The highest BCUT2D eigenvalue weighted by Crippen LogP contribution is 2.27. The first-order valence-corrected chi connectivity index (χ1v) is 11.4. The van der Waals surface area contributed by atoms with Gasteiger partial charge in [-0.25, -0.2) is 9.37 Å². The quantitative estimate of drug-likeness (QED) is 0.268. The van der Waals surface area contributed by atoms with Crippen molar-refractivity contribution in [1.82, 2.24) is 15.0 Å². The normalized spacial score (nSPS) is 10.4. The van der Waals surface area contributed by atoms with Crippen molar-refractivity contribution in [3.8, 4) is 22.8 Å². The molecular formula is C28H24Cl2FN5O2. The van der Waals surface area contributed by atoms with Crippen molar-refractivity contribution in [3.63, 3.8) is 0 Å². The van der Waals surface area contributed by atoms with E-state index in [0.29, 0.717) is 35.0 Å². The molecule has 0 radical (unpaired) electrons. The monoisotopic (exact) mass is 551 g/mol. The molecule has 0 bridgehead atoms. The zero-order valence-electron chi connectivity index (χ0n) is 20.2. The third kappa shape index (κ3) is 5.66. The highest BCUT2D eigenvalue weighted by Gasteiger charge is 2.20. The molecule has 5 rings (SSSR count). The summed E-state index contributed by atoms with van der Waals surface area (Å²) in [5, 5.41) is 2.05. The van der Waals surface area contributed by atoms with Crippen LogP contribution in [0.1, 0.15) is 27.6 Å². The number of rotatable bonds is 6. The molecule has 0 unspecified atom stereocenters. The highest BCUT2D eigenvalue weighted by molar-refractivity contribution is 6.08. The molecule has 3 aromatic carbocycles. The second-order valence-corrected chi connectivity index (χ2v) is 8.25. The lowest BCUT2D eigenvalue weighted by atomic mass is 10.0. The number of H-pyrrole nitrogens is 1. The molecule has 0 fully saturated rings. The molecule has 2 heterocycles. The van der Waals surface area contributed by atoms with E-state index in [1.807, 2.05) is 37.3 Å². The number of halogens is 3. The first kappa shape index (κ1) is 28.3. The van der Waals surface area contributed by atoms with E-state index in [4.69, 9.17) is 5.73 Å². The number of imidazole rings is 1. The number of benzene rings is 3. The molecule has 0 aliphatic heterocycles. The van der Waals surface area contributed by atoms with Gasteiger partial charge in [0.1, 0.15) is 11.5 Å². The van der Waals surface area contributed by atoms with E-state index in [2.05, 4.69) is 15.0 Å². The van der Waals surface area contributed by atoms with Crippen LogP contribution in [0.2, 0.25) is 0 Å². The minimum atomic E-state index is -0.660. The van der Waals surface area contributed by atoms with Gasteiger partial charge in [-0.2, -0.15) is 0 Å². The number of primary amides is 1. The summed E-state index contributed by atoms with van der Waals surface area (Å²) in [5.74, 6) is -0.845. The van der Waals surface area contributed by atoms with Crippen LogP contribution in [0.3, 0.4) is 0 Å². The summed E-state index contributed by atoms with van der Waals surface area (Å²) >= 11 is 0. The number of amides is 2. The molecule has 2 amide bonds. The van der Waals surface area contributed by atoms with Crippen molar-refractivity contribution in [3.05, 3.63) is 102 Å². The van der Waals surface area contributed by atoms with Crippen LogP contribution in [-0.4, -0.2) is 33.3 Å². The van der Waals surface area contributed by atoms with Crippen molar-refractivity contribution in [2.45, 2.75) is 6.92 Å². The Kier molecular flexibility index (Phi) is 8.83. The Morgan fingerprint density at radius 1 is 0.895 bits per heavy atom. The van der Waals surface area contributed by atoms with Gasteiger partial charge in [0.05, 0.1) is 11.9 Å².